The Bertz CT molecular complexity index is 433. The number of hydrogen-bond acceptors (Lipinski definition) is 3. The molecule has 22 heavy (non-hydrogen) atoms. The average molecular weight is 422 g/mol. The van der Waals surface area contributed by atoms with Gasteiger partial charge in [0.2, 0.25) is 5.91 Å². The number of carbonyl (C=O) groups is 1. The van der Waals surface area contributed by atoms with E-state index in [0.29, 0.717) is 12.5 Å². The number of hydrogen-bond donors (Lipinski definition) is 2. The Kier molecular flexibility index (Phi) is 11.6. The highest BCUT2D eigenvalue weighted by molar-refractivity contribution is 14.0. The van der Waals surface area contributed by atoms with Crippen molar-refractivity contribution in [3.05, 3.63) is 24.2 Å². The Morgan fingerprint density at radius 1 is 1.32 bits per heavy atom. The molecule has 1 amide bonds. The summed E-state index contributed by atoms with van der Waals surface area (Å²) in [5, 5.41) is 6.45. The van der Waals surface area contributed by atoms with Gasteiger partial charge in [-0.25, -0.2) is 4.99 Å². The first-order valence-corrected chi connectivity index (χ1v) is 7.38. The van der Waals surface area contributed by atoms with E-state index in [9.17, 15) is 4.79 Å². The Morgan fingerprint density at radius 2 is 2.05 bits per heavy atom. The minimum atomic E-state index is -0.0161. The van der Waals surface area contributed by atoms with E-state index in [1.165, 1.54) is 4.90 Å². The largest absolute Gasteiger partial charge is 0.469 e. The lowest BCUT2D eigenvalue weighted by Gasteiger charge is -2.13. The summed E-state index contributed by atoms with van der Waals surface area (Å²) in [6, 6.07) is 3.82. The molecule has 0 saturated heterocycles. The van der Waals surface area contributed by atoms with Gasteiger partial charge in [0.15, 0.2) is 5.96 Å². The molecule has 6 nitrogen and oxygen atoms in total. The van der Waals surface area contributed by atoms with Gasteiger partial charge < -0.3 is 20.0 Å². The second-order valence-electron chi connectivity index (χ2n) is 4.99. The van der Waals surface area contributed by atoms with Crippen molar-refractivity contribution in [3.63, 3.8) is 0 Å². The normalized spacial score (nSPS) is 10.8. The van der Waals surface area contributed by atoms with Crippen molar-refractivity contribution in [3.8, 4) is 0 Å². The van der Waals surface area contributed by atoms with E-state index < -0.39 is 0 Å². The number of furan rings is 1. The molecule has 0 atom stereocenters. The SMILES string of the molecule is CCCCNC(=NCC(=O)N(C)C)NCCc1ccco1.I. The lowest BCUT2D eigenvalue weighted by atomic mass is 10.3. The molecule has 0 aromatic carbocycles. The van der Waals surface area contributed by atoms with Crippen LogP contribution in [0.3, 0.4) is 0 Å². The van der Waals surface area contributed by atoms with Crippen LogP contribution in [-0.2, 0) is 11.2 Å². The zero-order chi connectivity index (χ0) is 15.5. The second kappa shape index (κ2) is 12.3. The summed E-state index contributed by atoms with van der Waals surface area (Å²) >= 11 is 0. The summed E-state index contributed by atoms with van der Waals surface area (Å²) in [6.07, 6.45) is 4.63. The summed E-state index contributed by atoms with van der Waals surface area (Å²) in [4.78, 5) is 17.4. The fourth-order valence-electron chi connectivity index (χ4n) is 1.60. The van der Waals surface area contributed by atoms with Crippen LogP contribution in [0.25, 0.3) is 0 Å². The smallest absolute Gasteiger partial charge is 0.243 e. The van der Waals surface area contributed by atoms with E-state index in [4.69, 9.17) is 4.42 Å². The number of rotatable bonds is 8. The lowest BCUT2D eigenvalue weighted by Crippen LogP contribution is -2.39. The van der Waals surface area contributed by atoms with Crippen LogP contribution in [0, 0.1) is 0 Å². The minimum Gasteiger partial charge on any atom is -0.469 e. The zero-order valence-electron chi connectivity index (χ0n) is 13.6. The van der Waals surface area contributed by atoms with Crippen molar-refractivity contribution in [2.75, 3.05) is 33.7 Å². The fraction of sp³-hybridized carbons (Fsp3) is 0.600. The van der Waals surface area contributed by atoms with Gasteiger partial charge >= 0.3 is 0 Å². The third-order valence-corrected chi connectivity index (χ3v) is 2.94. The van der Waals surface area contributed by atoms with Gasteiger partial charge in [0.25, 0.3) is 0 Å². The molecule has 0 fully saturated rings. The number of unbranched alkanes of at least 4 members (excludes halogenated alkanes) is 1. The minimum absolute atomic E-state index is 0. The first kappa shape index (κ1) is 20.8. The number of nitrogens with zero attached hydrogens (tertiary/aromatic N) is 2. The van der Waals surface area contributed by atoms with Gasteiger partial charge in [-0.3, -0.25) is 4.79 Å². The summed E-state index contributed by atoms with van der Waals surface area (Å²) in [5.41, 5.74) is 0. The Labute approximate surface area is 149 Å². The van der Waals surface area contributed by atoms with E-state index >= 15 is 0 Å². The number of guanidine groups is 1. The molecule has 126 valence electrons. The van der Waals surface area contributed by atoms with Crippen LogP contribution in [0.2, 0.25) is 0 Å². The van der Waals surface area contributed by atoms with Gasteiger partial charge in [-0.05, 0) is 18.6 Å². The molecular weight excluding hydrogens is 395 g/mol. The number of likely N-dealkylation sites (N-methyl/N-ethyl adjacent to an activating group) is 1. The van der Waals surface area contributed by atoms with Gasteiger partial charge in [-0.15, -0.1) is 24.0 Å². The van der Waals surface area contributed by atoms with Crippen LogP contribution in [0.4, 0.5) is 0 Å². The molecule has 0 saturated carbocycles. The summed E-state index contributed by atoms with van der Waals surface area (Å²) < 4.78 is 5.28. The van der Waals surface area contributed by atoms with Crippen molar-refractivity contribution in [1.29, 1.82) is 0 Å². The lowest BCUT2D eigenvalue weighted by molar-refractivity contribution is -0.127. The maximum Gasteiger partial charge on any atom is 0.243 e. The number of amides is 1. The highest BCUT2D eigenvalue weighted by Crippen LogP contribution is 1.99. The summed E-state index contributed by atoms with van der Waals surface area (Å²) in [6.45, 7) is 3.84. The molecule has 0 aliphatic heterocycles. The van der Waals surface area contributed by atoms with Gasteiger partial charge in [0.1, 0.15) is 12.3 Å². The summed E-state index contributed by atoms with van der Waals surface area (Å²) in [7, 11) is 3.46. The third-order valence-electron chi connectivity index (χ3n) is 2.94. The maximum atomic E-state index is 11.6. The molecule has 0 aliphatic rings. The van der Waals surface area contributed by atoms with Gasteiger partial charge in [0.05, 0.1) is 6.26 Å². The molecule has 1 aromatic rings. The van der Waals surface area contributed by atoms with Crippen LogP contribution in [-0.4, -0.2) is 50.5 Å². The molecule has 2 N–H and O–H groups in total. The molecule has 1 rings (SSSR count). The van der Waals surface area contributed by atoms with Gasteiger partial charge in [0, 0.05) is 33.6 Å². The van der Waals surface area contributed by atoms with Crippen LogP contribution in [0.15, 0.2) is 27.8 Å². The number of nitrogens with one attached hydrogen (secondary N) is 2. The van der Waals surface area contributed by atoms with Crippen molar-refractivity contribution in [2.45, 2.75) is 26.2 Å². The predicted octanol–water partition coefficient (Wildman–Crippen LogP) is 1.86. The number of carbonyl (C=O) groups excluding carboxylic acids is 1. The van der Waals surface area contributed by atoms with E-state index in [0.717, 1.165) is 31.6 Å². The van der Waals surface area contributed by atoms with Crippen LogP contribution >= 0.6 is 24.0 Å². The molecule has 0 radical (unpaired) electrons. The molecular formula is C15H27IN4O2. The topological polar surface area (TPSA) is 69.9 Å². The third kappa shape index (κ3) is 8.91. The molecule has 0 spiro atoms. The van der Waals surface area contributed by atoms with Gasteiger partial charge in [-0.2, -0.15) is 0 Å². The number of aliphatic imine (C=N–C) groups is 1. The van der Waals surface area contributed by atoms with Gasteiger partial charge in [-0.1, -0.05) is 13.3 Å². The van der Waals surface area contributed by atoms with Crippen molar-refractivity contribution < 1.29 is 9.21 Å². The van der Waals surface area contributed by atoms with E-state index in [1.54, 1.807) is 20.4 Å². The molecule has 0 bridgehead atoms. The summed E-state index contributed by atoms with van der Waals surface area (Å²) in [5.74, 6) is 1.59. The number of halogens is 1. The van der Waals surface area contributed by atoms with Crippen molar-refractivity contribution in [1.82, 2.24) is 15.5 Å². The highest BCUT2D eigenvalue weighted by atomic mass is 127. The fourth-order valence-corrected chi connectivity index (χ4v) is 1.60. The van der Waals surface area contributed by atoms with E-state index in [2.05, 4.69) is 22.5 Å². The Balaban J connectivity index is 0.00000441. The van der Waals surface area contributed by atoms with Crippen LogP contribution in [0.5, 0.6) is 0 Å². The quantitative estimate of drug-likeness (QED) is 0.291. The maximum absolute atomic E-state index is 11.6. The predicted molar refractivity (Wildman–Crippen MR) is 99.7 cm³/mol. The first-order chi connectivity index (χ1) is 10.1. The first-order valence-electron chi connectivity index (χ1n) is 7.38. The van der Waals surface area contributed by atoms with E-state index in [-0.39, 0.29) is 36.4 Å². The monoisotopic (exact) mass is 422 g/mol. The molecule has 0 aliphatic carbocycles. The standard InChI is InChI=1S/C15H26N4O2.HI/c1-4-5-9-16-15(18-12-14(20)19(2)3)17-10-8-13-7-6-11-21-13;/h6-7,11H,4-5,8-10,12H2,1-3H3,(H2,16,17,18);1H. The van der Waals surface area contributed by atoms with Crippen molar-refractivity contribution in [2.24, 2.45) is 4.99 Å². The van der Waals surface area contributed by atoms with E-state index in [1.807, 2.05) is 12.1 Å². The van der Waals surface area contributed by atoms with Crippen LogP contribution < -0.4 is 10.6 Å². The Hall–Kier alpha value is -1.25. The molecule has 1 heterocycles. The van der Waals surface area contributed by atoms with Crippen molar-refractivity contribution >= 4 is 35.8 Å². The highest BCUT2D eigenvalue weighted by Gasteiger charge is 2.04. The van der Waals surface area contributed by atoms with Crippen LogP contribution in [0.1, 0.15) is 25.5 Å². The Morgan fingerprint density at radius 3 is 2.64 bits per heavy atom. The molecule has 1 aromatic heterocycles. The molecule has 0 unspecified atom stereocenters. The zero-order valence-corrected chi connectivity index (χ0v) is 15.9. The second-order valence-corrected chi connectivity index (χ2v) is 4.99. The average Bonchev–Trinajstić information content (AvgIpc) is 2.97. The molecule has 7 heteroatoms.